The average Bonchev–Trinajstić information content (AvgIpc) is 2.98. The minimum absolute atomic E-state index is 0.00900. The summed E-state index contributed by atoms with van der Waals surface area (Å²) in [5.74, 6) is -2.47. The van der Waals surface area contributed by atoms with E-state index in [2.05, 4.69) is 0 Å². The highest BCUT2D eigenvalue weighted by atomic mass is 16.7. The molecule has 0 saturated carbocycles. The third kappa shape index (κ3) is 5.67. The molecule has 234 valence electrons. The fourth-order valence-electron chi connectivity index (χ4n) is 4.82. The van der Waals surface area contributed by atoms with Crippen LogP contribution in [0, 0.1) is 0 Å². The standard InChI is InChI=1S/C27H30O16/c1-38-10-5-13(31)17-15(6-10)40-23(9-2-3-11(29)12(30)4-9)25(20(17)35)43-27-22(37)24(19(34)16(7-28)41-27)42-26-21(36)18(33)14(32)8-39-26/h2-6,14,16,18-19,21-22,24,26-34,36-37H,7-8H2,1H3/t14-,16-,18-,19-,21-,22+,24-,26+,27-/m0/s1. The molecule has 0 unspecified atom stereocenters. The first-order valence-corrected chi connectivity index (χ1v) is 13.0. The van der Waals surface area contributed by atoms with Crippen molar-refractivity contribution in [2.75, 3.05) is 20.3 Å². The zero-order chi connectivity index (χ0) is 31.2. The van der Waals surface area contributed by atoms with Crippen LogP contribution < -0.4 is 14.9 Å². The van der Waals surface area contributed by atoms with E-state index in [1.165, 1.54) is 19.2 Å². The third-order valence-corrected chi connectivity index (χ3v) is 7.18. The zero-order valence-electron chi connectivity index (χ0n) is 22.4. The molecule has 43 heavy (non-hydrogen) atoms. The summed E-state index contributed by atoms with van der Waals surface area (Å²) in [5.41, 5.74) is -1.11. The van der Waals surface area contributed by atoms with Gasteiger partial charge in [0.05, 0.1) is 20.3 Å². The van der Waals surface area contributed by atoms with E-state index in [1.54, 1.807) is 0 Å². The predicted octanol–water partition coefficient (Wildman–Crippen LogP) is -1.77. The van der Waals surface area contributed by atoms with Crippen molar-refractivity contribution in [3.8, 4) is 40.1 Å². The van der Waals surface area contributed by atoms with Crippen LogP contribution in [0.15, 0.2) is 39.5 Å². The Kier molecular flexibility index (Phi) is 8.66. The highest BCUT2D eigenvalue weighted by Crippen LogP contribution is 2.40. The van der Waals surface area contributed by atoms with Gasteiger partial charge in [-0.25, -0.2) is 0 Å². The second kappa shape index (κ2) is 12.1. The van der Waals surface area contributed by atoms with Gasteiger partial charge in [-0.2, -0.15) is 0 Å². The topological polar surface area (TPSA) is 258 Å². The maximum absolute atomic E-state index is 13.7. The van der Waals surface area contributed by atoms with E-state index in [-0.39, 0.29) is 28.0 Å². The highest BCUT2D eigenvalue weighted by molar-refractivity contribution is 5.88. The number of fused-ring (bicyclic) bond motifs is 1. The lowest BCUT2D eigenvalue weighted by molar-refractivity contribution is -0.339. The summed E-state index contributed by atoms with van der Waals surface area (Å²) in [6, 6.07) is 5.88. The number of methoxy groups -OCH3 is 1. The van der Waals surface area contributed by atoms with Crippen LogP contribution in [0.5, 0.6) is 28.7 Å². The monoisotopic (exact) mass is 610 g/mol. The van der Waals surface area contributed by atoms with Crippen LogP contribution in [0.2, 0.25) is 0 Å². The van der Waals surface area contributed by atoms with Crippen molar-refractivity contribution in [1.29, 1.82) is 0 Å². The predicted molar refractivity (Wildman–Crippen MR) is 140 cm³/mol. The largest absolute Gasteiger partial charge is 0.507 e. The van der Waals surface area contributed by atoms with Crippen molar-refractivity contribution in [2.45, 2.75) is 55.3 Å². The molecule has 2 aliphatic heterocycles. The number of aromatic hydroxyl groups is 3. The number of aliphatic hydroxyl groups is 6. The molecule has 1 aromatic heterocycles. The first-order chi connectivity index (χ1) is 20.4. The van der Waals surface area contributed by atoms with E-state index in [0.29, 0.717) is 0 Å². The van der Waals surface area contributed by atoms with Gasteiger partial charge < -0.3 is 74.1 Å². The summed E-state index contributed by atoms with van der Waals surface area (Å²) in [5, 5.41) is 91.8. The smallest absolute Gasteiger partial charge is 0.239 e. The molecular weight excluding hydrogens is 580 g/mol. The summed E-state index contributed by atoms with van der Waals surface area (Å²) < 4.78 is 33.0. The summed E-state index contributed by atoms with van der Waals surface area (Å²) in [6.45, 7) is -1.27. The summed E-state index contributed by atoms with van der Waals surface area (Å²) in [4.78, 5) is 13.7. The number of benzene rings is 2. The summed E-state index contributed by atoms with van der Waals surface area (Å²) in [6.07, 6.45) is -15.3. The van der Waals surface area contributed by atoms with Crippen molar-refractivity contribution in [3.05, 3.63) is 40.6 Å². The number of hydrogen-bond donors (Lipinski definition) is 9. The number of phenols is 3. The van der Waals surface area contributed by atoms with Crippen LogP contribution in [0.4, 0.5) is 0 Å². The van der Waals surface area contributed by atoms with Gasteiger partial charge in [-0.1, -0.05) is 0 Å². The number of aliphatic hydroxyl groups excluding tert-OH is 6. The van der Waals surface area contributed by atoms with Gasteiger partial charge in [0, 0.05) is 17.7 Å². The lowest BCUT2D eigenvalue weighted by Crippen LogP contribution is -2.64. The van der Waals surface area contributed by atoms with E-state index >= 15 is 0 Å². The van der Waals surface area contributed by atoms with Gasteiger partial charge in [0.2, 0.25) is 17.5 Å². The quantitative estimate of drug-likeness (QED) is 0.134. The summed E-state index contributed by atoms with van der Waals surface area (Å²) in [7, 11) is 1.32. The Balaban J connectivity index is 1.57. The van der Waals surface area contributed by atoms with Crippen LogP contribution in [0.3, 0.4) is 0 Å². The fourth-order valence-corrected chi connectivity index (χ4v) is 4.82. The molecule has 2 aliphatic rings. The lowest BCUT2D eigenvalue weighted by atomic mass is 9.98. The molecule has 2 fully saturated rings. The summed E-state index contributed by atoms with van der Waals surface area (Å²) >= 11 is 0. The molecule has 2 saturated heterocycles. The minimum atomic E-state index is -1.95. The molecule has 3 aromatic rings. The van der Waals surface area contributed by atoms with Gasteiger partial charge in [0.15, 0.2) is 23.5 Å². The molecule has 5 rings (SSSR count). The van der Waals surface area contributed by atoms with Crippen molar-refractivity contribution in [1.82, 2.24) is 0 Å². The first-order valence-electron chi connectivity index (χ1n) is 13.0. The second-order valence-electron chi connectivity index (χ2n) is 9.99. The van der Waals surface area contributed by atoms with Crippen molar-refractivity contribution in [3.63, 3.8) is 0 Å². The fraction of sp³-hybridized carbons (Fsp3) is 0.444. The number of rotatable bonds is 7. The molecule has 9 atom stereocenters. The first kappa shape index (κ1) is 30.7. The Bertz CT molecular complexity index is 1520. The van der Waals surface area contributed by atoms with Gasteiger partial charge in [-0.05, 0) is 18.2 Å². The van der Waals surface area contributed by atoms with Crippen molar-refractivity contribution >= 4 is 11.0 Å². The molecule has 16 heteroatoms. The van der Waals surface area contributed by atoms with Gasteiger partial charge in [0.1, 0.15) is 65.2 Å². The molecule has 0 radical (unpaired) electrons. The van der Waals surface area contributed by atoms with Crippen molar-refractivity contribution in [2.24, 2.45) is 0 Å². The molecule has 0 spiro atoms. The molecule has 0 amide bonds. The minimum Gasteiger partial charge on any atom is -0.507 e. The van der Waals surface area contributed by atoms with Gasteiger partial charge >= 0.3 is 0 Å². The average molecular weight is 611 g/mol. The van der Waals surface area contributed by atoms with Gasteiger partial charge in [-0.15, -0.1) is 0 Å². The Morgan fingerprint density at radius 1 is 0.884 bits per heavy atom. The molecule has 0 bridgehead atoms. The third-order valence-electron chi connectivity index (χ3n) is 7.18. The molecule has 16 nitrogen and oxygen atoms in total. The van der Waals surface area contributed by atoms with Crippen LogP contribution in [-0.2, 0) is 14.2 Å². The van der Waals surface area contributed by atoms with E-state index in [4.69, 9.17) is 28.1 Å². The lowest BCUT2D eigenvalue weighted by Gasteiger charge is -2.44. The van der Waals surface area contributed by atoms with E-state index in [9.17, 15) is 50.8 Å². The Hall–Kier alpha value is -3.71. The van der Waals surface area contributed by atoms with Gasteiger partial charge in [-0.3, -0.25) is 4.79 Å². The van der Waals surface area contributed by atoms with E-state index in [1.807, 2.05) is 0 Å². The molecule has 2 aromatic carbocycles. The van der Waals surface area contributed by atoms with Crippen LogP contribution >= 0.6 is 0 Å². The molecule has 0 aliphatic carbocycles. The number of phenolic OH excluding ortho intramolecular Hbond substituents is 3. The SMILES string of the molecule is COc1cc(O)c2c(=O)c(O[C@@H]3O[C@@H](CO)[C@H](O)[C@H](O[C@H]4OC[C@H](O)[C@H](O)[C@@H]4O)[C@H]3O)c(-c3ccc(O)c(O)c3)oc2c1. The van der Waals surface area contributed by atoms with Gasteiger partial charge in [0.25, 0.3) is 0 Å². The molecule has 9 N–H and O–H groups in total. The highest BCUT2D eigenvalue weighted by Gasteiger charge is 2.50. The normalized spacial score (nSPS) is 31.2. The van der Waals surface area contributed by atoms with Crippen LogP contribution in [-0.4, -0.2) is 122 Å². The number of ether oxygens (including phenoxy) is 5. The maximum Gasteiger partial charge on any atom is 0.239 e. The number of hydrogen-bond acceptors (Lipinski definition) is 16. The maximum atomic E-state index is 13.7. The van der Waals surface area contributed by atoms with E-state index < -0.39 is 96.9 Å². The Labute approximate surface area is 241 Å². The molecule has 3 heterocycles. The van der Waals surface area contributed by atoms with Crippen LogP contribution in [0.25, 0.3) is 22.3 Å². The second-order valence-corrected chi connectivity index (χ2v) is 9.99. The Morgan fingerprint density at radius 3 is 2.30 bits per heavy atom. The van der Waals surface area contributed by atoms with E-state index in [0.717, 1.165) is 18.2 Å². The zero-order valence-corrected chi connectivity index (χ0v) is 22.4. The van der Waals surface area contributed by atoms with Crippen LogP contribution in [0.1, 0.15) is 0 Å². The van der Waals surface area contributed by atoms with Crippen molar-refractivity contribution < 1.29 is 74.1 Å². The molecular formula is C27H30O16. The Morgan fingerprint density at radius 2 is 1.63 bits per heavy atom.